The third kappa shape index (κ3) is 2.91. The second-order valence-electron chi connectivity index (χ2n) is 6.32. The molecule has 0 aromatic heterocycles. The molecule has 3 atom stereocenters. The summed E-state index contributed by atoms with van der Waals surface area (Å²) in [6, 6.07) is 5.95. The van der Waals surface area contributed by atoms with Crippen LogP contribution in [0.15, 0.2) is 18.2 Å². The van der Waals surface area contributed by atoms with Crippen molar-refractivity contribution in [3.8, 4) is 5.75 Å². The Balaban J connectivity index is 1.63. The van der Waals surface area contributed by atoms with Gasteiger partial charge in [-0.15, -0.1) is 0 Å². The molecular weight excluding hydrogens is 296 g/mol. The van der Waals surface area contributed by atoms with Gasteiger partial charge in [0.1, 0.15) is 5.75 Å². The Labute approximate surface area is 136 Å². The SMILES string of the molecule is CS[C@@H]1CC[C@H](N(C)C(=O)N[C@H]2CCc3c(O)cccc32)C1. The molecule has 120 valence electrons. The molecule has 1 aromatic rings. The van der Waals surface area contributed by atoms with Crippen molar-refractivity contribution < 1.29 is 9.90 Å². The van der Waals surface area contributed by atoms with Gasteiger partial charge < -0.3 is 15.3 Å². The molecule has 0 radical (unpaired) electrons. The summed E-state index contributed by atoms with van der Waals surface area (Å²) in [5.74, 6) is 0.348. The number of aromatic hydroxyl groups is 1. The lowest BCUT2D eigenvalue weighted by Gasteiger charge is -2.27. The fraction of sp³-hybridized carbons (Fsp3) is 0.588. The van der Waals surface area contributed by atoms with Crippen LogP contribution < -0.4 is 5.32 Å². The molecule has 1 saturated carbocycles. The summed E-state index contributed by atoms with van der Waals surface area (Å²) < 4.78 is 0. The highest BCUT2D eigenvalue weighted by Gasteiger charge is 2.32. The number of rotatable bonds is 3. The van der Waals surface area contributed by atoms with Crippen LogP contribution in [0.2, 0.25) is 0 Å². The van der Waals surface area contributed by atoms with Gasteiger partial charge in [0, 0.05) is 18.3 Å². The smallest absolute Gasteiger partial charge is 0.317 e. The highest BCUT2D eigenvalue weighted by molar-refractivity contribution is 7.99. The van der Waals surface area contributed by atoms with Crippen LogP contribution in [0, 0.1) is 0 Å². The fourth-order valence-electron chi connectivity index (χ4n) is 3.68. The number of amides is 2. The number of carbonyl (C=O) groups excluding carboxylic acids is 1. The third-order valence-electron chi connectivity index (χ3n) is 5.10. The molecule has 0 unspecified atom stereocenters. The second kappa shape index (κ2) is 6.41. The zero-order valence-corrected chi connectivity index (χ0v) is 14.0. The van der Waals surface area contributed by atoms with Gasteiger partial charge in [0.15, 0.2) is 0 Å². The minimum atomic E-state index is 0.00736. The van der Waals surface area contributed by atoms with Crippen molar-refractivity contribution in [2.45, 2.75) is 49.4 Å². The Kier molecular flexibility index (Phi) is 4.52. The molecule has 22 heavy (non-hydrogen) atoms. The van der Waals surface area contributed by atoms with E-state index in [-0.39, 0.29) is 12.1 Å². The van der Waals surface area contributed by atoms with Gasteiger partial charge in [-0.05, 0) is 55.6 Å². The van der Waals surface area contributed by atoms with Gasteiger partial charge in [-0.1, -0.05) is 12.1 Å². The van der Waals surface area contributed by atoms with Crippen LogP contribution in [0.1, 0.15) is 42.9 Å². The lowest BCUT2D eigenvalue weighted by atomic mass is 10.1. The number of fused-ring (bicyclic) bond motifs is 1. The van der Waals surface area contributed by atoms with Gasteiger partial charge in [0.05, 0.1) is 6.04 Å². The van der Waals surface area contributed by atoms with Crippen molar-refractivity contribution >= 4 is 17.8 Å². The Morgan fingerprint density at radius 2 is 2.18 bits per heavy atom. The maximum Gasteiger partial charge on any atom is 0.317 e. The number of hydrogen-bond donors (Lipinski definition) is 2. The van der Waals surface area contributed by atoms with Gasteiger partial charge in [-0.2, -0.15) is 11.8 Å². The Hall–Kier alpha value is -1.36. The van der Waals surface area contributed by atoms with E-state index in [9.17, 15) is 9.90 Å². The molecule has 1 fully saturated rings. The standard InChI is InChI=1S/C17H24N2O2S/c1-19(11-6-7-12(10-11)22-2)17(21)18-15-9-8-14-13(15)4-3-5-16(14)20/h3-5,11-12,15,20H,6-10H2,1-2H3,(H,18,21)/t11-,12+,15-/m0/s1. The van der Waals surface area contributed by atoms with Crippen molar-refractivity contribution in [1.82, 2.24) is 10.2 Å². The summed E-state index contributed by atoms with van der Waals surface area (Å²) in [5.41, 5.74) is 2.05. The van der Waals surface area contributed by atoms with E-state index in [0.29, 0.717) is 17.0 Å². The van der Waals surface area contributed by atoms with Crippen LogP contribution in [0.5, 0.6) is 5.75 Å². The van der Waals surface area contributed by atoms with Crippen LogP contribution in [0.4, 0.5) is 4.79 Å². The van der Waals surface area contributed by atoms with Crippen LogP contribution >= 0.6 is 11.8 Å². The van der Waals surface area contributed by atoms with Gasteiger partial charge in [0.25, 0.3) is 0 Å². The molecule has 2 aliphatic carbocycles. The number of urea groups is 1. The number of carbonyl (C=O) groups is 1. The lowest BCUT2D eigenvalue weighted by Crippen LogP contribution is -2.43. The average Bonchev–Trinajstić information content (AvgIpc) is 3.14. The van der Waals surface area contributed by atoms with E-state index < -0.39 is 0 Å². The fourth-order valence-corrected chi connectivity index (χ4v) is 4.47. The second-order valence-corrected chi connectivity index (χ2v) is 7.46. The zero-order chi connectivity index (χ0) is 15.7. The molecule has 0 bridgehead atoms. The number of phenolic OH excluding ortho intramolecular Hbond substituents is 1. The number of phenols is 1. The molecule has 4 nitrogen and oxygen atoms in total. The summed E-state index contributed by atoms with van der Waals surface area (Å²) in [6.45, 7) is 0. The molecule has 3 rings (SSSR count). The first-order valence-electron chi connectivity index (χ1n) is 7.97. The third-order valence-corrected chi connectivity index (χ3v) is 6.20. The van der Waals surface area contributed by atoms with E-state index in [0.717, 1.165) is 36.8 Å². The molecule has 5 heteroatoms. The molecule has 0 aliphatic heterocycles. The summed E-state index contributed by atoms with van der Waals surface area (Å²) in [6.07, 6.45) is 7.22. The number of nitrogens with one attached hydrogen (secondary N) is 1. The largest absolute Gasteiger partial charge is 0.508 e. The first-order valence-corrected chi connectivity index (χ1v) is 9.25. The maximum absolute atomic E-state index is 12.5. The van der Waals surface area contributed by atoms with Crippen molar-refractivity contribution in [2.75, 3.05) is 13.3 Å². The average molecular weight is 320 g/mol. The number of benzene rings is 1. The van der Waals surface area contributed by atoms with Crippen LogP contribution in [-0.4, -0.2) is 40.6 Å². The Morgan fingerprint density at radius 1 is 1.36 bits per heavy atom. The highest BCUT2D eigenvalue weighted by Crippen LogP contribution is 2.36. The molecule has 2 amide bonds. The predicted octanol–water partition coefficient (Wildman–Crippen LogP) is 3.31. The molecule has 0 saturated heterocycles. The number of hydrogen-bond acceptors (Lipinski definition) is 3. The highest BCUT2D eigenvalue weighted by atomic mass is 32.2. The monoisotopic (exact) mass is 320 g/mol. The molecular formula is C17H24N2O2S. The van der Waals surface area contributed by atoms with Gasteiger partial charge >= 0.3 is 6.03 Å². The van der Waals surface area contributed by atoms with Gasteiger partial charge in [0.2, 0.25) is 0 Å². The van der Waals surface area contributed by atoms with Crippen molar-refractivity contribution in [2.24, 2.45) is 0 Å². The van der Waals surface area contributed by atoms with Crippen molar-refractivity contribution in [3.63, 3.8) is 0 Å². The predicted molar refractivity (Wildman–Crippen MR) is 90.4 cm³/mol. The first-order chi connectivity index (χ1) is 10.6. The Morgan fingerprint density at radius 3 is 2.91 bits per heavy atom. The van der Waals surface area contributed by atoms with E-state index in [4.69, 9.17) is 0 Å². The van der Waals surface area contributed by atoms with Crippen molar-refractivity contribution in [1.29, 1.82) is 0 Å². The van der Waals surface area contributed by atoms with Gasteiger partial charge in [-0.25, -0.2) is 4.79 Å². The van der Waals surface area contributed by atoms with Crippen LogP contribution in [0.3, 0.4) is 0 Å². The minimum Gasteiger partial charge on any atom is -0.508 e. The van der Waals surface area contributed by atoms with Gasteiger partial charge in [-0.3, -0.25) is 0 Å². The zero-order valence-electron chi connectivity index (χ0n) is 13.2. The quantitative estimate of drug-likeness (QED) is 0.898. The van der Waals surface area contributed by atoms with E-state index in [1.165, 1.54) is 6.42 Å². The molecule has 1 aromatic carbocycles. The number of nitrogens with zero attached hydrogens (tertiary/aromatic N) is 1. The van der Waals surface area contributed by atoms with E-state index in [2.05, 4.69) is 11.6 Å². The van der Waals surface area contributed by atoms with E-state index >= 15 is 0 Å². The van der Waals surface area contributed by atoms with Crippen LogP contribution in [0.25, 0.3) is 0 Å². The lowest BCUT2D eigenvalue weighted by molar-refractivity contribution is 0.187. The topological polar surface area (TPSA) is 52.6 Å². The molecule has 2 N–H and O–H groups in total. The molecule has 2 aliphatic rings. The summed E-state index contributed by atoms with van der Waals surface area (Å²) in [5, 5.41) is 13.7. The summed E-state index contributed by atoms with van der Waals surface area (Å²) in [4.78, 5) is 14.4. The van der Waals surface area contributed by atoms with Crippen molar-refractivity contribution in [3.05, 3.63) is 29.3 Å². The first kappa shape index (κ1) is 15.5. The minimum absolute atomic E-state index is 0.00736. The normalized spacial score (nSPS) is 26.7. The molecule has 0 heterocycles. The Bertz CT molecular complexity index is 564. The summed E-state index contributed by atoms with van der Waals surface area (Å²) >= 11 is 1.90. The summed E-state index contributed by atoms with van der Waals surface area (Å²) in [7, 11) is 1.90. The number of thioether (sulfide) groups is 1. The van der Waals surface area contributed by atoms with E-state index in [1.807, 2.05) is 35.8 Å². The van der Waals surface area contributed by atoms with E-state index in [1.54, 1.807) is 6.07 Å². The molecule has 0 spiro atoms. The van der Waals surface area contributed by atoms with Crippen LogP contribution in [-0.2, 0) is 6.42 Å². The maximum atomic E-state index is 12.5.